The first-order chi connectivity index (χ1) is 7.51. The van der Waals surface area contributed by atoms with Crippen molar-refractivity contribution >= 4 is 0 Å². The highest BCUT2D eigenvalue weighted by atomic mass is 16.7. The summed E-state index contributed by atoms with van der Waals surface area (Å²) in [5.41, 5.74) is 0. The summed E-state index contributed by atoms with van der Waals surface area (Å²) in [7, 11) is 7.57. The Kier molecular flexibility index (Phi) is 8.84. The second kappa shape index (κ2) is 8.93. The Morgan fingerprint density at radius 3 is 2.00 bits per heavy atom. The van der Waals surface area contributed by atoms with E-state index in [1.165, 1.54) is 6.42 Å². The largest absolute Gasteiger partial charge is 0.355 e. The van der Waals surface area contributed by atoms with Gasteiger partial charge < -0.3 is 19.7 Å². The molecule has 0 radical (unpaired) electrons. The standard InChI is InChI=1S/C12H28N2O2/c1-10(2)7-11(14(3)4)8-13-9-12(15-5)16-6/h10-13H,7-9H2,1-6H3. The van der Waals surface area contributed by atoms with E-state index in [1.54, 1.807) is 14.2 Å². The molecule has 1 unspecified atom stereocenters. The van der Waals surface area contributed by atoms with Crippen molar-refractivity contribution < 1.29 is 9.47 Å². The van der Waals surface area contributed by atoms with E-state index in [9.17, 15) is 0 Å². The molecule has 0 amide bonds. The predicted molar refractivity (Wildman–Crippen MR) is 67.6 cm³/mol. The van der Waals surface area contributed by atoms with Gasteiger partial charge in [0.05, 0.1) is 0 Å². The molecule has 0 fully saturated rings. The lowest BCUT2D eigenvalue weighted by molar-refractivity contribution is -0.0990. The summed E-state index contributed by atoms with van der Waals surface area (Å²) >= 11 is 0. The minimum atomic E-state index is -0.151. The molecule has 16 heavy (non-hydrogen) atoms. The van der Waals surface area contributed by atoms with Crippen LogP contribution in [0.5, 0.6) is 0 Å². The highest BCUT2D eigenvalue weighted by Crippen LogP contribution is 2.08. The molecule has 4 nitrogen and oxygen atoms in total. The third-order valence-electron chi connectivity index (χ3n) is 2.69. The van der Waals surface area contributed by atoms with Gasteiger partial charge in [-0.25, -0.2) is 0 Å². The predicted octanol–water partition coefficient (Wildman–Crippen LogP) is 1.17. The Balaban J connectivity index is 3.84. The van der Waals surface area contributed by atoms with Crippen LogP contribution in [0.3, 0.4) is 0 Å². The van der Waals surface area contributed by atoms with Crippen LogP contribution in [0.4, 0.5) is 0 Å². The van der Waals surface area contributed by atoms with Crippen molar-refractivity contribution in [3.05, 3.63) is 0 Å². The van der Waals surface area contributed by atoms with Crippen LogP contribution in [0.1, 0.15) is 20.3 Å². The molecule has 0 saturated heterocycles. The van der Waals surface area contributed by atoms with E-state index in [0.717, 1.165) is 19.0 Å². The summed E-state index contributed by atoms with van der Waals surface area (Å²) in [6, 6.07) is 0.564. The van der Waals surface area contributed by atoms with Crippen molar-refractivity contribution in [3.8, 4) is 0 Å². The average molecular weight is 232 g/mol. The molecule has 0 aliphatic rings. The molecular formula is C12H28N2O2. The lowest BCUT2D eigenvalue weighted by Crippen LogP contribution is -2.41. The van der Waals surface area contributed by atoms with E-state index in [2.05, 4.69) is 38.2 Å². The van der Waals surface area contributed by atoms with E-state index < -0.39 is 0 Å². The van der Waals surface area contributed by atoms with Crippen LogP contribution < -0.4 is 5.32 Å². The fourth-order valence-corrected chi connectivity index (χ4v) is 1.65. The first kappa shape index (κ1) is 15.8. The molecule has 0 aliphatic carbocycles. The molecule has 0 bridgehead atoms. The van der Waals surface area contributed by atoms with Crippen molar-refractivity contribution in [2.45, 2.75) is 32.6 Å². The molecule has 0 spiro atoms. The Morgan fingerprint density at radius 2 is 1.62 bits per heavy atom. The Bertz CT molecular complexity index is 159. The molecule has 1 atom stereocenters. The number of rotatable bonds is 9. The SMILES string of the molecule is COC(CNCC(CC(C)C)N(C)C)OC. The van der Waals surface area contributed by atoms with Crippen molar-refractivity contribution in [2.24, 2.45) is 5.92 Å². The zero-order valence-electron chi connectivity index (χ0n) is 11.6. The van der Waals surface area contributed by atoms with Gasteiger partial charge in [-0.05, 0) is 26.4 Å². The Morgan fingerprint density at radius 1 is 1.06 bits per heavy atom. The number of hydrogen-bond donors (Lipinski definition) is 1. The summed E-state index contributed by atoms with van der Waals surface area (Å²) < 4.78 is 10.2. The minimum absolute atomic E-state index is 0.151. The number of methoxy groups -OCH3 is 2. The van der Waals surface area contributed by atoms with Crippen LogP contribution in [0.2, 0.25) is 0 Å². The van der Waals surface area contributed by atoms with Crippen molar-refractivity contribution in [2.75, 3.05) is 41.4 Å². The van der Waals surface area contributed by atoms with Gasteiger partial charge in [-0.1, -0.05) is 13.8 Å². The van der Waals surface area contributed by atoms with Gasteiger partial charge in [-0.2, -0.15) is 0 Å². The zero-order valence-corrected chi connectivity index (χ0v) is 11.6. The quantitative estimate of drug-likeness (QED) is 0.605. The number of hydrogen-bond acceptors (Lipinski definition) is 4. The van der Waals surface area contributed by atoms with Gasteiger partial charge in [-0.3, -0.25) is 0 Å². The fraction of sp³-hybridized carbons (Fsp3) is 1.00. The number of nitrogens with zero attached hydrogens (tertiary/aromatic N) is 1. The second-order valence-electron chi connectivity index (χ2n) is 4.81. The molecule has 0 aliphatic heterocycles. The maximum atomic E-state index is 5.12. The maximum Gasteiger partial charge on any atom is 0.169 e. The molecule has 1 N–H and O–H groups in total. The number of ether oxygens (including phenoxy) is 2. The van der Waals surface area contributed by atoms with Gasteiger partial charge in [0.1, 0.15) is 0 Å². The van der Waals surface area contributed by atoms with Crippen LogP contribution >= 0.6 is 0 Å². The first-order valence-electron chi connectivity index (χ1n) is 5.94. The monoisotopic (exact) mass is 232 g/mol. The Hall–Kier alpha value is -0.160. The van der Waals surface area contributed by atoms with Crippen LogP contribution in [-0.4, -0.2) is 58.6 Å². The minimum Gasteiger partial charge on any atom is -0.355 e. The lowest BCUT2D eigenvalue weighted by Gasteiger charge is -2.27. The normalized spacial score (nSPS) is 14.1. The van der Waals surface area contributed by atoms with E-state index in [4.69, 9.17) is 9.47 Å². The second-order valence-corrected chi connectivity index (χ2v) is 4.81. The van der Waals surface area contributed by atoms with Gasteiger partial charge in [-0.15, -0.1) is 0 Å². The third-order valence-corrected chi connectivity index (χ3v) is 2.69. The van der Waals surface area contributed by atoms with Gasteiger partial charge >= 0.3 is 0 Å². The first-order valence-corrected chi connectivity index (χ1v) is 5.94. The number of nitrogens with one attached hydrogen (secondary N) is 1. The summed E-state index contributed by atoms with van der Waals surface area (Å²) in [5, 5.41) is 3.38. The molecular weight excluding hydrogens is 204 g/mol. The zero-order chi connectivity index (χ0) is 12.6. The van der Waals surface area contributed by atoms with Crippen LogP contribution in [-0.2, 0) is 9.47 Å². The van der Waals surface area contributed by atoms with Crippen molar-refractivity contribution in [1.82, 2.24) is 10.2 Å². The van der Waals surface area contributed by atoms with Gasteiger partial charge in [0.2, 0.25) is 0 Å². The molecule has 0 saturated carbocycles. The van der Waals surface area contributed by atoms with Gasteiger partial charge in [0.15, 0.2) is 6.29 Å². The summed E-state index contributed by atoms with van der Waals surface area (Å²) in [6.45, 7) is 6.21. The van der Waals surface area contributed by atoms with Gasteiger partial charge in [0, 0.05) is 33.4 Å². The lowest BCUT2D eigenvalue weighted by atomic mass is 10.0. The van der Waals surface area contributed by atoms with E-state index in [0.29, 0.717) is 6.04 Å². The van der Waals surface area contributed by atoms with Crippen molar-refractivity contribution in [3.63, 3.8) is 0 Å². The maximum absolute atomic E-state index is 5.12. The average Bonchev–Trinajstić information content (AvgIpc) is 2.22. The highest BCUT2D eigenvalue weighted by Gasteiger charge is 2.13. The van der Waals surface area contributed by atoms with E-state index >= 15 is 0 Å². The van der Waals surface area contributed by atoms with Crippen LogP contribution in [0.15, 0.2) is 0 Å². The summed E-state index contributed by atoms with van der Waals surface area (Å²) in [6.07, 6.45) is 1.05. The smallest absolute Gasteiger partial charge is 0.169 e. The fourth-order valence-electron chi connectivity index (χ4n) is 1.65. The summed E-state index contributed by atoms with van der Waals surface area (Å²) in [4.78, 5) is 2.27. The van der Waals surface area contributed by atoms with Crippen LogP contribution in [0, 0.1) is 5.92 Å². The third kappa shape index (κ3) is 7.17. The van der Waals surface area contributed by atoms with Gasteiger partial charge in [0.25, 0.3) is 0 Å². The molecule has 0 heterocycles. The molecule has 0 aromatic heterocycles. The Labute approximate surface area is 100 Å². The highest BCUT2D eigenvalue weighted by molar-refractivity contribution is 4.71. The number of likely N-dealkylation sites (N-methyl/N-ethyl adjacent to an activating group) is 1. The van der Waals surface area contributed by atoms with Crippen LogP contribution in [0.25, 0.3) is 0 Å². The van der Waals surface area contributed by atoms with E-state index in [-0.39, 0.29) is 6.29 Å². The topological polar surface area (TPSA) is 33.7 Å². The van der Waals surface area contributed by atoms with E-state index in [1.807, 2.05) is 0 Å². The molecule has 0 rings (SSSR count). The van der Waals surface area contributed by atoms with Crippen molar-refractivity contribution in [1.29, 1.82) is 0 Å². The summed E-state index contributed by atoms with van der Waals surface area (Å²) in [5.74, 6) is 0.717. The molecule has 4 heteroatoms. The molecule has 98 valence electrons. The molecule has 0 aromatic carbocycles. The molecule has 0 aromatic rings.